The lowest BCUT2D eigenvalue weighted by molar-refractivity contribution is 0.172. The summed E-state index contributed by atoms with van der Waals surface area (Å²) in [6.45, 7) is 0.781. The van der Waals surface area contributed by atoms with Crippen molar-refractivity contribution in [2.24, 2.45) is 0 Å². The predicted octanol–water partition coefficient (Wildman–Crippen LogP) is 2.14. The molecule has 0 aromatic heterocycles. The lowest BCUT2D eigenvalue weighted by atomic mass is 9.96. The first-order valence-corrected chi connectivity index (χ1v) is 5.54. The largest absolute Gasteiger partial charge is 0.393 e. The van der Waals surface area contributed by atoms with Gasteiger partial charge < -0.3 is 9.84 Å². The molecule has 0 bridgehead atoms. The fraction of sp³-hybridized carbons (Fsp3) is 0.286. The highest BCUT2D eigenvalue weighted by atomic mass is 16.6. The highest BCUT2D eigenvalue weighted by molar-refractivity contribution is 5.85. The first-order chi connectivity index (χ1) is 7.83. The van der Waals surface area contributed by atoms with Gasteiger partial charge in [0.25, 0.3) is 0 Å². The van der Waals surface area contributed by atoms with Crippen molar-refractivity contribution < 1.29 is 9.84 Å². The molecule has 1 heterocycles. The van der Waals surface area contributed by atoms with E-state index in [1.807, 2.05) is 12.1 Å². The first-order valence-electron chi connectivity index (χ1n) is 5.54. The third-order valence-electron chi connectivity index (χ3n) is 3.23. The van der Waals surface area contributed by atoms with E-state index in [1.54, 1.807) is 0 Å². The summed E-state index contributed by atoms with van der Waals surface area (Å²) in [5.41, 5.74) is 0.953. The fourth-order valence-corrected chi connectivity index (χ4v) is 2.15. The van der Waals surface area contributed by atoms with Crippen LogP contribution in [0.15, 0.2) is 42.5 Å². The number of hydrogen-bond acceptors (Lipinski definition) is 2. The summed E-state index contributed by atoms with van der Waals surface area (Å²) in [7, 11) is 0. The minimum absolute atomic E-state index is 0.107. The topological polar surface area (TPSA) is 32.8 Å². The average molecular weight is 214 g/mol. The molecular weight excluding hydrogens is 200 g/mol. The minimum Gasteiger partial charge on any atom is -0.393 e. The van der Waals surface area contributed by atoms with Crippen molar-refractivity contribution >= 4 is 10.8 Å². The van der Waals surface area contributed by atoms with Crippen molar-refractivity contribution in [3.8, 4) is 0 Å². The fourth-order valence-electron chi connectivity index (χ4n) is 2.15. The summed E-state index contributed by atoms with van der Waals surface area (Å²) >= 11 is 0. The molecule has 1 saturated heterocycles. The number of rotatable bonds is 3. The predicted molar refractivity (Wildman–Crippen MR) is 63.4 cm³/mol. The second kappa shape index (κ2) is 3.58. The van der Waals surface area contributed by atoms with Gasteiger partial charge in [-0.15, -0.1) is 0 Å². The Morgan fingerprint density at radius 3 is 2.62 bits per heavy atom. The number of aliphatic hydroxyl groups is 1. The number of epoxide rings is 1. The molecule has 0 unspecified atom stereocenters. The van der Waals surface area contributed by atoms with Gasteiger partial charge >= 0.3 is 0 Å². The lowest BCUT2D eigenvalue weighted by Gasteiger charge is -2.10. The Balaban J connectivity index is 2.03. The smallest absolute Gasteiger partial charge is 0.119 e. The van der Waals surface area contributed by atoms with Crippen LogP contribution in [0.25, 0.3) is 10.8 Å². The Hall–Kier alpha value is -1.38. The summed E-state index contributed by atoms with van der Waals surface area (Å²) in [6.07, 6.45) is 0.796. The molecule has 2 aromatic carbocycles. The van der Waals surface area contributed by atoms with E-state index in [4.69, 9.17) is 4.74 Å². The van der Waals surface area contributed by atoms with E-state index in [9.17, 15) is 5.11 Å². The molecule has 0 radical (unpaired) electrons. The van der Waals surface area contributed by atoms with Crippen molar-refractivity contribution in [3.05, 3.63) is 48.0 Å². The van der Waals surface area contributed by atoms with Gasteiger partial charge in [0.2, 0.25) is 0 Å². The molecule has 2 nitrogen and oxygen atoms in total. The average Bonchev–Trinajstić information content (AvgIpc) is 3.10. The molecule has 1 fully saturated rings. The molecular formula is C14H14O2. The van der Waals surface area contributed by atoms with Crippen LogP contribution in [-0.4, -0.2) is 23.9 Å². The zero-order chi connectivity index (χ0) is 11.0. The van der Waals surface area contributed by atoms with Crippen molar-refractivity contribution in [2.75, 3.05) is 13.2 Å². The minimum atomic E-state index is -0.301. The number of aliphatic hydroxyl groups excluding tert-OH is 1. The summed E-state index contributed by atoms with van der Waals surface area (Å²) < 4.78 is 5.35. The number of ether oxygens (including phenoxy) is 1. The SMILES string of the molecule is OC[C@]1(Cc2cccc3ccccc23)CO1. The molecule has 1 atom stereocenters. The molecule has 0 aliphatic carbocycles. The van der Waals surface area contributed by atoms with E-state index in [0.29, 0.717) is 6.61 Å². The van der Waals surface area contributed by atoms with Crippen LogP contribution in [0, 0.1) is 0 Å². The Morgan fingerprint density at radius 1 is 1.12 bits per heavy atom. The molecule has 16 heavy (non-hydrogen) atoms. The lowest BCUT2D eigenvalue weighted by Crippen LogP contribution is -2.20. The maximum Gasteiger partial charge on any atom is 0.119 e. The van der Waals surface area contributed by atoms with Gasteiger partial charge in [0.15, 0.2) is 0 Å². The van der Waals surface area contributed by atoms with Crippen molar-refractivity contribution in [3.63, 3.8) is 0 Å². The van der Waals surface area contributed by atoms with Gasteiger partial charge in [-0.25, -0.2) is 0 Å². The second-order valence-corrected chi connectivity index (χ2v) is 4.44. The molecule has 0 amide bonds. The normalized spacial score (nSPS) is 23.6. The van der Waals surface area contributed by atoms with Crippen LogP contribution in [0.3, 0.4) is 0 Å². The maximum atomic E-state index is 9.26. The van der Waals surface area contributed by atoms with E-state index >= 15 is 0 Å². The Bertz CT molecular complexity index is 510. The van der Waals surface area contributed by atoms with Crippen molar-refractivity contribution in [1.29, 1.82) is 0 Å². The van der Waals surface area contributed by atoms with Crippen LogP contribution >= 0.6 is 0 Å². The maximum absolute atomic E-state index is 9.26. The molecule has 0 spiro atoms. The van der Waals surface area contributed by atoms with Gasteiger partial charge in [-0.05, 0) is 16.3 Å². The summed E-state index contributed by atoms with van der Waals surface area (Å²) in [6, 6.07) is 14.6. The Labute approximate surface area is 94.5 Å². The molecule has 2 aromatic rings. The Kier molecular flexibility index (Phi) is 2.20. The molecule has 1 N–H and O–H groups in total. The quantitative estimate of drug-likeness (QED) is 0.794. The molecule has 2 heteroatoms. The molecule has 82 valence electrons. The van der Waals surface area contributed by atoms with Gasteiger partial charge in [-0.3, -0.25) is 0 Å². The number of hydrogen-bond donors (Lipinski definition) is 1. The standard InChI is InChI=1S/C14H14O2/c15-9-14(10-16-14)8-12-6-3-5-11-4-1-2-7-13(11)12/h1-7,15H,8-10H2/t14-/m1/s1. The van der Waals surface area contributed by atoms with Crippen molar-refractivity contribution in [1.82, 2.24) is 0 Å². The highest BCUT2D eigenvalue weighted by Gasteiger charge is 2.44. The van der Waals surface area contributed by atoms with Gasteiger partial charge in [-0.2, -0.15) is 0 Å². The second-order valence-electron chi connectivity index (χ2n) is 4.44. The van der Waals surface area contributed by atoms with E-state index in [-0.39, 0.29) is 12.2 Å². The van der Waals surface area contributed by atoms with E-state index < -0.39 is 0 Å². The Morgan fingerprint density at radius 2 is 1.88 bits per heavy atom. The highest BCUT2D eigenvalue weighted by Crippen LogP contribution is 2.32. The van der Waals surface area contributed by atoms with Gasteiger partial charge in [0.05, 0.1) is 13.2 Å². The summed E-state index contributed by atoms with van der Waals surface area (Å²) in [5.74, 6) is 0. The first kappa shape index (κ1) is 9.82. The van der Waals surface area contributed by atoms with Gasteiger partial charge in [0, 0.05) is 6.42 Å². The third kappa shape index (κ3) is 1.60. The van der Waals surface area contributed by atoms with E-state index in [2.05, 4.69) is 30.3 Å². The molecule has 1 aliphatic heterocycles. The van der Waals surface area contributed by atoms with Crippen LogP contribution < -0.4 is 0 Å². The zero-order valence-electron chi connectivity index (χ0n) is 9.02. The molecule has 3 rings (SSSR count). The number of benzene rings is 2. The molecule has 0 saturated carbocycles. The van der Waals surface area contributed by atoms with Crippen LogP contribution in [0.5, 0.6) is 0 Å². The van der Waals surface area contributed by atoms with Crippen LogP contribution in [0.1, 0.15) is 5.56 Å². The summed E-state index contributed by atoms with van der Waals surface area (Å²) in [4.78, 5) is 0. The van der Waals surface area contributed by atoms with E-state index in [0.717, 1.165) is 6.42 Å². The zero-order valence-corrected chi connectivity index (χ0v) is 9.02. The van der Waals surface area contributed by atoms with Gasteiger partial charge in [-0.1, -0.05) is 42.5 Å². The van der Waals surface area contributed by atoms with Crippen LogP contribution in [0.4, 0.5) is 0 Å². The molecule has 1 aliphatic rings. The van der Waals surface area contributed by atoms with Crippen LogP contribution in [0.2, 0.25) is 0 Å². The van der Waals surface area contributed by atoms with Gasteiger partial charge in [0.1, 0.15) is 5.60 Å². The van der Waals surface area contributed by atoms with Crippen LogP contribution in [-0.2, 0) is 11.2 Å². The number of fused-ring (bicyclic) bond motifs is 1. The third-order valence-corrected chi connectivity index (χ3v) is 3.23. The van der Waals surface area contributed by atoms with Crippen molar-refractivity contribution in [2.45, 2.75) is 12.0 Å². The summed E-state index contributed by atoms with van der Waals surface area (Å²) in [5, 5.41) is 11.8. The monoisotopic (exact) mass is 214 g/mol. The van der Waals surface area contributed by atoms with E-state index in [1.165, 1.54) is 16.3 Å².